The molecule has 0 saturated carbocycles. The molecule has 0 spiro atoms. The summed E-state index contributed by atoms with van der Waals surface area (Å²) in [6.45, 7) is 1.89. The lowest BCUT2D eigenvalue weighted by Gasteiger charge is -2.33. The number of amides is 1. The highest BCUT2D eigenvalue weighted by Crippen LogP contribution is 2.29. The van der Waals surface area contributed by atoms with Gasteiger partial charge < -0.3 is 18.9 Å². The monoisotopic (exact) mass is 359 g/mol. The van der Waals surface area contributed by atoms with Crippen molar-refractivity contribution in [2.24, 2.45) is 0 Å². The minimum absolute atomic E-state index is 0.0724. The summed E-state index contributed by atoms with van der Waals surface area (Å²) in [5.41, 5.74) is 1.09. The molecule has 0 aliphatic carbocycles. The summed E-state index contributed by atoms with van der Waals surface area (Å²) in [5.74, 6) is 1.07. The van der Waals surface area contributed by atoms with Gasteiger partial charge in [0, 0.05) is 13.7 Å². The van der Waals surface area contributed by atoms with E-state index in [1.807, 2.05) is 35.2 Å². The average molecular weight is 359 g/mol. The number of hydrogen-bond acceptors (Lipinski definition) is 6. The van der Waals surface area contributed by atoms with Crippen LogP contribution in [0.25, 0.3) is 0 Å². The summed E-state index contributed by atoms with van der Waals surface area (Å²) in [6, 6.07) is 9.80. The van der Waals surface area contributed by atoms with Crippen LogP contribution in [0.15, 0.2) is 34.9 Å². The lowest BCUT2D eigenvalue weighted by Crippen LogP contribution is -2.39. The first kappa shape index (κ1) is 18.5. The number of piperidine rings is 1. The molecular weight excluding hydrogens is 334 g/mol. The van der Waals surface area contributed by atoms with E-state index in [4.69, 9.17) is 14.0 Å². The molecule has 1 aliphatic heterocycles. The van der Waals surface area contributed by atoms with Gasteiger partial charge in [0.1, 0.15) is 6.61 Å². The zero-order valence-electron chi connectivity index (χ0n) is 15.1. The average Bonchev–Trinajstić information content (AvgIpc) is 3.16. The van der Waals surface area contributed by atoms with Crippen molar-refractivity contribution in [2.75, 3.05) is 20.3 Å². The Labute approximate surface area is 153 Å². The molecule has 1 saturated heterocycles. The van der Waals surface area contributed by atoms with Gasteiger partial charge in [-0.3, -0.25) is 4.79 Å². The van der Waals surface area contributed by atoms with Crippen LogP contribution in [0.5, 0.6) is 0 Å². The molecule has 0 N–H and O–H groups in total. The summed E-state index contributed by atoms with van der Waals surface area (Å²) in [4.78, 5) is 18.7. The summed E-state index contributed by atoms with van der Waals surface area (Å²) in [5, 5.41) is 4.09. The van der Waals surface area contributed by atoms with E-state index in [0.717, 1.165) is 31.4 Å². The molecule has 0 bridgehead atoms. The smallest absolute Gasteiger partial charge is 0.252 e. The van der Waals surface area contributed by atoms with Crippen molar-refractivity contribution < 1.29 is 18.8 Å². The fraction of sp³-hybridized carbons (Fsp3) is 0.526. The van der Waals surface area contributed by atoms with Crippen LogP contribution in [0.2, 0.25) is 0 Å². The predicted octanol–water partition coefficient (Wildman–Crippen LogP) is 2.88. The van der Waals surface area contributed by atoms with Gasteiger partial charge in [0.15, 0.2) is 5.82 Å². The van der Waals surface area contributed by atoms with Crippen molar-refractivity contribution in [1.82, 2.24) is 15.0 Å². The number of methoxy groups -OCH3 is 1. The fourth-order valence-corrected chi connectivity index (χ4v) is 3.12. The zero-order chi connectivity index (χ0) is 18.2. The molecule has 3 rings (SSSR count). The topological polar surface area (TPSA) is 77.7 Å². The van der Waals surface area contributed by atoms with Crippen LogP contribution < -0.4 is 0 Å². The van der Waals surface area contributed by atoms with Crippen LogP contribution in [0.3, 0.4) is 0 Å². The van der Waals surface area contributed by atoms with Gasteiger partial charge in [0.05, 0.1) is 25.7 Å². The van der Waals surface area contributed by atoms with Crippen LogP contribution in [0, 0.1) is 0 Å². The number of nitrogens with zero attached hydrogens (tertiary/aromatic N) is 3. The first-order valence-electron chi connectivity index (χ1n) is 9.00. The van der Waals surface area contributed by atoms with E-state index in [2.05, 4.69) is 10.1 Å². The molecular formula is C19H25N3O4. The van der Waals surface area contributed by atoms with Crippen molar-refractivity contribution >= 4 is 5.91 Å². The predicted molar refractivity (Wildman–Crippen MR) is 94.0 cm³/mol. The molecule has 1 aromatic heterocycles. The van der Waals surface area contributed by atoms with Crippen LogP contribution in [0.4, 0.5) is 0 Å². The fourth-order valence-electron chi connectivity index (χ4n) is 3.12. The highest BCUT2D eigenvalue weighted by atomic mass is 16.5. The molecule has 1 fully saturated rings. The van der Waals surface area contributed by atoms with Gasteiger partial charge in [0.25, 0.3) is 5.89 Å². The maximum absolute atomic E-state index is 12.4. The molecule has 26 heavy (non-hydrogen) atoms. The van der Waals surface area contributed by atoms with E-state index in [-0.39, 0.29) is 18.6 Å². The molecule has 2 aromatic rings. The number of carbonyl (C=O) groups excluding carboxylic acids is 1. The van der Waals surface area contributed by atoms with Crippen molar-refractivity contribution in [3.05, 3.63) is 47.6 Å². The van der Waals surface area contributed by atoms with E-state index >= 15 is 0 Å². The third-order valence-electron chi connectivity index (χ3n) is 4.46. The SMILES string of the molecule is COCCC(=O)N1CCCCC1c1noc(COCc2ccccc2)n1. The van der Waals surface area contributed by atoms with Gasteiger partial charge >= 0.3 is 0 Å². The van der Waals surface area contributed by atoms with E-state index in [9.17, 15) is 4.79 Å². The third-order valence-corrected chi connectivity index (χ3v) is 4.46. The second-order valence-corrected chi connectivity index (χ2v) is 6.37. The van der Waals surface area contributed by atoms with Gasteiger partial charge in [-0.15, -0.1) is 0 Å². The van der Waals surface area contributed by atoms with Crippen LogP contribution >= 0.6 is 0 Å². The van der Waals surface area contributed by atoms with Gasteiger partial charge in [-0.05, 0) is 24.8 Å². The molecule has 7 nitrogen and oxygen atoms in total. The highest BCUT2D eigenvalue weighted by molar-refractivity contribution is 5.76. The number of rotatable bonds is 8. The Hall–Kier alpha value is -2.25. The Morgan fingerprint density at radius 3 is 2.92 bits per heavy atom. The Morgan fingerprint density at radius 1 is 1.27 bits per heavy atom. The van der Waals surface area contributed by atoms with Gasteiger partial charge in [-0.25, -0.2) is 0 Å². The van der Waals surface area contributed by atoms with Crippen molar-refractivity contribution in [2.45, 2.75) is 44.9 Å². The van der Waals surface area contributed by atoms with Gasteiger partial charge in [0.2, 0.25) is 5.91 Å². The number of ether oxygens (including phenoxy) is 2. The molecule has 140 valence electrons. The summed E-state index contributed by atoms with van der Waals surface area (Å²) >= 11 is 0. The van der Waals surface area contributed by atoms with Crippen molar-refractivity contribution in [3.63, 3.8) is 0 Å². The van der Waals surface area contributed by atoms with E-state index in [1.165, 1.54) is 0 Å². The number of benzene rings is 1. The Morgan fingerprint density at radius 2 is 2.12 bits per heavy atom. The number of aromatic nitrogens is 2. The summed E-state index contributed by atoms with van der Waals surface area (Å²) in [6.07, 6.45) is 3.27. The Bertz CT molecular complexity index is 689. The third kappa shape index (κ3) is 4.89. The quantitative estimate of drug-likeness (QED) is 0.721. The summed E-state index contributed by atoms with van der Waals surface area (Å²) in [7, 11) is 1.60. The first-order chi connectivity index (χ1) is 12.8. The molecule has 2 heterocycles. The Balaban J connectivity index is 1.57. The number of hydrogen-bond donors (Lipinski definition) is 0. The first-order valence-corrected chi connectivity index (χ1v) is 9.00. The standard InChI is InChI=1S/C19H25N3O4/c1-24-12-10-18(23)22-11-6-5-9-16(22)19-20-17(26-21-19)14-25-13-15-7-3-2-4-8-15/h2-4,7-8,16H,5-6,9-14H2,1H3. The summed E-state index contributed by atoms with van der Waals surface area (Å²) < 4.78 is 16.0. The van der Waals surface area contributed by atoms with E-state index < -0.39 is 0 Å². The van der Waals surface area contributed by atoms with Crippen LogP contribution in [-0.4, -0.2) is 41.2 Å². The van der Waals surface area contributed by atoms with Crippen molar-refractivity contribution in [3.8, 4) is 0 Å². The van der Waals surface area contributed by atoms with Crippen LogP contribution in [0.1, 0.15) is 49.0 Å². The highest BCUT2D eigenvalue weighted by Gasteiger charge is 2.31. The molecule has 1 amide bonds. The molecule has 7 heteroatoms. The maximum atomic E-state index is 12.4. The lowest BCUT2D eigenvalue weighted by atomic mass is 10.0. The minimum Gasteiger partial charge on any atom is -0.384 e. The largest absolute Gasteiger partial charge is 0.384 e. The molecule has 1 unspecified atom stereocenters. The second-order valence-electron chi connectivity index (χ2n) is 6.37. The number of likely N-dealkylation sites (tertiary alicyclic amines) is 1. The Kier molecular flexibility index (Phi) is 6.74. The minimum atomic E-state index is -0.125. The second kappa shape index (κ2) is 9.45. The van der Waals surface area contributed by atoms with Gasteiger partial charge in [-0.2, -0.15) is 4.98 Å². The van der Waals surface area contributed by atoms with Crippen LogP contribution in [-0.2, 0) is 27.5 Å². The van der Waals surface area contributed by atoms with E-state index in [1.54, 1.807) is 7.11 Å². The lowest BCUT2D eigenvalue weighted by molar-refractivity contribution is -0.136. The molecule has 1 aromatic carbocycles. The zero-order valence-corrected chi connectivity index (χ0v) is 15.1. The molecule has 1 aliphatic rings. The molecule has 0 radical (unpaired) electrons. The number of carbonyl (C=O) groups is 1. The van der Waals surface area contributed by atoms with E-state index in [0.29, 0.717) is 31.3 Å². The normalized spacial score (nSPS) is 17.4. The maximum Gasteiger partial charge on any atom is 0.252 e. The van der Waals surface area contributed by atoms with Gasteiger partial charge in [-0.1, -0.05) is 35.5 Å². The molecule has 1 atom stereocenters. The van der Waals surface area contributed by atoms with Crippen molar-refractivity contribution in [1.29, 1.82) is 0 Å².